The molecule has 0 fully saturated rings. The molecule has 0 saturated heterocycles. The van der Waals surface area contributed by atoms with Gasteiger partial charge < -0.3 is 10.5 Å². The summed E-state index contributed by atoms with van der Waals surface area (Å²) in [5.41, 5.74) is 5.92. The lowest BCUT2D eigenvalue weighted by molar-refractivity contribution is -0.137. The average Bonchev–Trinajstić information content (AvgIpc) is 2.72. The van der Waals surface area contributed by atoms with Gasteiger partial charge in [0.1, 0.15) is 11.7 Å². The molecule has 0 aliphatic carbocycles. The third kappa shape index (κ3) is 3.83. The Labute approximate surface area is 172 Å². The number of hydrogen-bond donors (Lipinski definition) is 1. The average molecular weight is 418 g/mol. The van der Waals surface area contributed by atoms with Gasteiger partial charge in [-0.15, -0.1) is 0 Å². The van der Waals surface area contributed by atoms with Crippen molar-refractivity contribution in [3.8, 4) is 6.07 Å². The predicted molar refractivity (Wildman–Crippen MR) is 104 cm³/mol. The van der Waals surface area contributed by atoms with Crippen LogP contribution >= 0.6 is 0 Å². The first kappa shape index (κ1) is 21.6. The number of fused-ring (bicyclic) bond motifs is 1. The van der Waals surface area contributed by atoms with Gasteiger partial charge in [0, 0.05) is 17.8 Å². The summed E-state index contributed by atoms with van der Waals surface area (Å²) < 4.78 is 45.3. The maximum atomic E-state index is 13.4. The Morgan fingerprint density at radius 2 is 2.10 bits per heavy atom. The van der Waals surface area contributed by atoms with Gasteiger partial charge in [-0.05, 0) is 55.7 Å². The highest BCUT2D eigenvalue weighted by molar-refractivity contribution is 5.91. The first-order valence-electron chi connectivity index (χ1n) is 9.47. The standard InChI is InChI=1S/C21H21F3N4O2/c1-3-20(26)10-16(17-7-5-13(11-25)12-27-17)15-9-14(21(22,23)24)6-8-18(15)28(20)19(29)30-4-2/h5-9,12,16H,3-4,10,26H2,1-2H3/t16-,20+/m0/s1. The molecule has 2 N–H and O–H groups in total. The van der Waals surface area contributed by atoms with Gasteiger partial charge in [-0.3, -0.25) is 9.88 Å². The summed E-state index contributed by atoms with van der Waals surface area (Å²) in [7, 11) is 0. The van der Waals surface area contributed by atoms with E-state index in [2.05, 4.69) is 4.98 Å². The number of anilines is 1. The summed E-state index contributed by atoms with van der Waals surface area (Å²) in [5.74, 6) is -0.592. The smallest absolute Gasteiger partial charge is 0.416 e. The number of carbonyl (C=O) groups is 1. The van der Waals surface area contributed by atoms with E-state index in [0.717, 1.165) is 12.1 Å². The van der Waals surface area contributed by atoms with E-state index >= 15 is 0 Å². The highest BCUT2D eigenvalue weighted by Gasteiger charge is 2.46. The number of ether oxygens (including phenoxy) is 1. The van der Waals surface area contributed by atoms with Crippen LogP contribution in [0.5, 0.6) is 0 Å². The third-order valence-electron chi connectivity index (χ3n) is 5.31. The Balaban J connectivity index is 2.22. The summed E-state index contributed by atoms with van der Waals surface area (Å²) in [4.78, 5) is 18.2. The number of carbonyl (C=O) groups excluding carboxylic acids is 1. The molecule has 0 spiro atoms. The van der Waals surface area contributed by atoms with Gasteiger partial charge in [-0.2, -0.15) is 18.4 Å². The molecular formula is C21H21F3N4O2. The molecular weight excluding hydrogens is 397 g/mol. The van der Waals surface area contributed by atoms with Crippen LogP contribution in [0, 0.1) is 11.3 Å². The fraction of sp³-hybridized carbons (Fsp3) is 0.381. The molecule has 0 radical (unpaired) electrons. The van der Waals surface area contributed by atoms with E-state index < -0.39 is 29.4 Å². The Bertz CT molecular complexity index is 985. The Morgan fingerprint density at radius 3 is 2.63 bits per heavy atom. The first-order valence-corrected chi connectivity index (χ1v) is 9.47. The van der Waals surface area contributed by atoms with E-state index in [9.17, 15) is 18.0 Å². The molecule has 9 heteroatoms. The first-order chi connectivity index (χ1) is 14.1. The van der Waals surface area contributed by atoms with Crippen molar-refractivity contribution in [1.82, 2.24) is 4.98 Å². The molecule has 0 saturated carbocycles. The Kier molecular flexibility index (Phi) is 5.72. The Hall–Kier alpha value is -3.12. The fourth-order valence-electron chi connectivity index (χ4n) is 3.72. The molecule has 6 nitrogen and oxygen atoms in total. The van der Waals surface area contributed by atoms with Crippen molar-refractivity contribution in [2.75, 3.05) is 11.5 Å². The normalized spacial score (nSPS) is 21.0. The van der Waals surface area contributed by atoms with Crippen molar-refractivity contribution in [3.63, 3.8) is 0 Å². The molecule has 1 aliphatic heterocycles. The number of halogens is 3. The molecule has 1 amide bonds. The molecule has 158 valence electrons. The van der Waals surface area contributed by atoms with E-state index in [-0.39, 0.29) is 24.3 Å². The summed E-state index contributed by atoms with van der Waals surface area (Å²) in [5, 5.41) is 9.00. The quantitative estimate of drug-likeness (QED) is 0.790. The number of pyridine rings is 1. The van der Waals surface area contributed by atoms with E-state index in [1.54, 1.807) is 26.0 Å². The lowest BCUT2D eigenvalue weighted by Crippen LogP contribution is -2.61. The number of aromatic nitrogens is 1. The predicted octanol–water partition coefficient (Wildman–Crippen LogP) is 4.54. The zero-order valence-electron chi connectivity index (χ0n) is 16.5. The largest absolute Gasteiger partial charge is 0.449 e. The second-order valence-corrected chi connectivity index (χ2v) is 7.10. The van der Waals surface area contributed by atoms with Crippen LogP contribution in [-0.2, 0) is 10.9 Å². The summed E-state index contributed by atoms with van der Waals surface area (Å²) in [6.45, 7) is 3.54. The molecule has 0 bridgehead atoms. The number of nitriles is 1. The molecule has 1 aromatic carbocycles. The van der Waals surface area contributed by atoms with Crippen LogP contribution in [0.3, 0.4) is 0 Å². The molecule has 30 heavy (non-hydrogen) atoms. The van der Waals surface area contributed by atoms with Gasteiger partial charge in [0.15, 0.2) is 0 Å². The van der Waals surface area contributed by atoms with Crippen LogP contribution in [0.25, 0.3) is 0 Å². The topological polar surface area (TPSA) is 92.2 Å². The number of hydrogen-bond acceptors (Lipinski definition) is 5. The minimum absolute atomic E-state index is 0.103. The fourth-order valence-corrected chi connectivity index (χ4v) is 3.72. The van der Waals surface area contributed by atoms with Crippen LogP contribution in [0.1, 0.15) is 55.0 Å². The molecule has 3 rings (SSSR count). The zero-order chi connectivity index (χ0) is 22.1. The maximum absolute atomic E-state index is 13.4. The minimum Gasteiger partial charge on any atom is -0.449 e. The van der Waals surface area contributed by atoms with E-state index in [1.807, 2.05) is 6.07 Å². The van der Waals surface area contributed by atoms with Gasteiger partial charge in [-0.1, -0.05) is 6.92 Å². The van der Waals surface area contributed by atoms with Gasteiger partial charge in [0.25, 0.3) is 0 Å². The van der Waals surface area contributed by atoms with Crippen molar-refractivity contribution < 1.29 is 22.7 Å². The van der Waals surface area contributed by atoms with Crippen LogP contribution < -0.4 is 10.6 Å². The summed E-state index contributed by atoms with van der Waals surface area (Å²) in [6, 6.07) is 8.32. The Morgan fingerprint density at radius 1 is 1.37 bits per heavy atom. The molecule has 0 unspecified atom stereocenters. The van der Waals surface area contributed by atoms with Crippen molar-refractivity contribution in [1.29, 1.82) is 5.26 Å². The second kappa shape index (κ2) is 7.95. The minimum atomic E-state index is -4.55. The monoisotopic (exact) mass is 418 g/mol. The highest BCUT2D eigenvalue weighted by Crippen LogP contribution is 2.47. The highest BCUT2D eigenvalue weighted by atomic mass is 19.4. The number of benzene rings is 1. The molecule has 2 aromatic rings. The van der Waals surface area contributed by atoms with E-state index in [4.69, 9.17) is 15.7 Å². The summed E-state index contributed by atoms with van der Waals surface area (Å²) >= 11 is 0. The SMILES string of the molecule is CCOC(=O)N1c2ccc(C(F)(F)F)cc2[C@@H](c2ccc(C#N)cn2)C[C@@]1(N)CC. The van der Waals surface area contributed by atoms with Gasteiger partial charge in [0.05, 0.1) is 23.4 Å². The second-order valence-electron chi connectivity index (χ2n) is 7.10. The number of nitrogens with two attached hydrogens (primary N) is 1. The van der Waals surface area contributed by atoms with Crippen molar-refractivity contribution in [2.45, 2.75) is 44.4 Å². The van der Waals surface area contributed by atoms with Crippen LogP contribution in [0.15, 0.2) is 36.5 Å². The van der Waals surface area contributed by atoms with Gasteiger partial charge >= 0.3 is 12.3 Å². The summed E-state index contributed by atoms with van der Waals surface area (Å²) in [6.07, 6.45) is -3.40. The number of nitrogens with zero attached hydrogens (tertiary/aromatic N) is 3. The third-order valence-corrected chi connectivity index (χ3v) is 5.31. The molecule has 2 heterocycles. The van der Waals surface area contributed by atoms with Crippen LogP contribution in [0.4, 0.5) is 23.7 Å². The van der Waals surface area contributed by atoms with Crippen molar-refractivity contribution in [3.05, 3.63) is 58.9 Å². The molecule has 1 aliphatic rings. The number of alkyl halides is 3. The van der Waals surface area contributed by atoms with Gasteiger partial charge in [0.2, 0.25) is 0 Å². The van der Waals surface area contributed by atoms with Crippen molar-refractivity contribution >= 4 is 11.8 Å². The van der Waals surface area contributed by atoms with Crippen LogP contribution in [-0.4, -0.2) is 23.3 Å². The number of amides is 1. The van der Waals surface area contributed by atoms with Crippen LogP contribution in [0.2, 0.25) is 0 Å². The molecule has 1 aromatic heterocycles. The van der Waals surface area contributed by atoms with Crippen molar-refractivity contribution in [2.24, 2.45) is 5.73 Å². The van der Waals surface area contributed by atoms with Gasteiger partial charge in [-0.25, -0.2) is 4.79 Å². The molecule has 2 atom stereocenters. The van der Waals surface area contributed by atoms with E-state index in [1.165, 1.54) is 17.2 Å². The van der Waals surface area contributed by atoms with E-state index in [0.29, 0.717) is 17.7 Å². The lowest BCUT2D eigenvalue weighted by Gasteiger charge is -2.47. The number of rotatable bonds is 3. The zero-order valence-corrected chi connectivity index (χ0v) is 16.5. The lowest BCUT2D eigenvalue weighted by atomic mass is 9.78. The maximum Gasteiger partial charge on any atom is 0.416 e.